The minimum absolute atomic E-state index is 0.0481. The Morgan fingerprint density at radius 1 is 1.53 bits per heavy atom. The molecule has 3 N–H and O–H groups in total. The van der Waals surface area contributed by atoms with E-state index in [0.29, 0.717) is 12.3 Å². The van der Waals surface area contributed by atoms with E-state index in [4.69, 9.17) is 10.5 Å². The average Bonchev–Trinajstić information content (AvgIpc) is 2.18. The van der Waals surface area contributed by atoms with Gasteiger partial charge in [0.25, 0.3) is 0 Å². The van der Waals surface area contributed by atoms with Crippen molar-refractivity contribution < 1.29 is 9.53 Å². The second-order valence-corrected chi connectivity index (χ2v) is 4.38. The molecule has 0 spiro atoms. The quantitative estimate of drug-likeness (QED) is 0.706. The molecule has 0 saturated carbocycles. The predicted molar refractivity (Wildman–Crippen MR) is 59.4 cm³/mol. The van der Waals surface area contributed by atoms with Crippen LogP contribution in [0.15, 0.2) is 0 Å². The first-order valence-electron chi connectivity index (χ1n) is 5.78. The third kappa shape index (κ3) is 5.74. The Morgan fingerprint density at radius 3 is 2.80 bits per heavy atom. The highest BCUT2D eigenvalue weighted by atomic mass is 16.5. The van der Waals surface area contributed by atoms with Gasteiger partial charge in [0.05, 0.1) is 0 Å². The van der Waals surface area contributed by atoms with Gasteiger partial charge in [-0.25, -0.2) is 0 Å². The second kappa shape index (κ2) is 6.80. The molecule has 0 aromatic heterocycles. The van der Waals surface area contributed by atoms with Crippen LogP contribution in [-0.4, -0.2) is 31.7 Å². The molecule has 4 heteroatoms. The lowest BCUT2D eigenvalue weighted by Crippen LogP contribution is -2.31. The summed E-state index contributed by atoms with van der Waals surface area (Å²) in [5.74, 6) is 0.784. The lowest BCUT2D eigenvalue weighted by Gasteiger charge is -2.21. The van der Waals surface area contributed by atoms with Gasteiger partial charge < -0.3 is 15.8 Å². The van der Waals surface area contributed by atoms with Crippen LogP contribution in [0.4, 0.5) is 0 Å². The number of ether oxygens (including phenoxy) is 1. The van der Waals surface area contributed by atoms with Gasteiger partial charge in [0.1, 0.15) is 0 Å². The second-order valence-electron chi connectivity index (χ2n) is 4.38. The Labute approximate surface area is 91.5 Å². The highest BCUT2D eigenvalue weighted by molar-refractivity contribution is 5.76. The van der Waals surface area contributed by atoms with Crippen LogP contribution in [0.2, 0.25) is 0 Å². The van der Waals surface area contributed by atoms with Crippen LogP contribution in [0.5, 0.6) is 0 Å². The third-order valence-corrected chi connectivity index (χ3v) is 2.72. The summed E-state index contributed by atoms with van der Waals surface area (Å²) in [6, 6.07) is -0.0481. The molecule has 0 bridgehead atoms. The number of nitrogens with one attached hydrogen (secondary N) is 1. The smallest absolute Gasteiger partial charge is 0.221 e. The van der Waals surface area contributed by atoms with Crippen molar-refractivity contribution in [2.75, 3.05) is 19.8 Å². The molecule has 1 saturated heterocycles. The number of rotatable bonds is 5. The first-order valence-corrected chi connectivity index (χ1v) is 5.78. The van der Waals surface area contributed by atoms with Crippen LogP contribution >= 0.6 is 0 Å². The van der Waals surface area contributed by atoms with Crippen LogP contribution in [0.3, 0.4) is 0 Å². The van der Waals surface area contributed by atoms with Gasteiger partial charge in [-0.15, -0.1) is 0 Å². The molecule has 1 aliphatic heterocycles. The lowest BCUT2D eigenvalue weighted by atomic mass is 9.97. The van der Waals surface area contributed by atoms with Crippen molar-refractivity contribution in [3.8, 4) is 0 Å². The summed E-state index contributed by atoms with van der Waals surface area (Å²) < 4.78 is 5.28. The van der Waals surface area contributed by atoms with Crippen LogP contribution in [0.1, 0.15) is 32.6 Å². The molecule has 1 heterocycles. The summed E-state index contributed by atoms with van der Waals surface area (Å²) in [4.78, 5) is 11.3. The van der Waals surface area contributed by atoms with E-state index in [2.05, 4.69) is 5.32 Å². The summed E-state index contributed by atoms with van der Waals surface area (Å²) in [6.45, 7) is 4.37. The van der Waals surface area contributed by atoms with Crippen molar-refractivity contribution >= 4 is 5.91 Å². The van der Waals surface area contributed by atoms with Gasteiger partial charge in [-0.05, 0) is 32.1 Å². The molecule has 1 unspecified atom stereocenters. The number of hydrogen-bond acceptors (Lipinski definition) is 3. The zero-order chi connectivity index (χ0) is 11.1. The summed E-state index contributed by atoms with van der Waals surface area (Å²) in [7, 11) is 0. The highest BCUT2D eigenvalue weighted by Crippen LogP contribution is 2.17. The average molecular weight is 214 g/mol. The van der Waals surface area contributed by atoms with Gasteiger partial charge >= 0.3 is 0 Å². The van der Waals surface area contributed by atoms with Crippen molar-refractivity contribution in [2.45, 2.75) is 38.6 Å². The van der Waals surface area contributed by atoms with E-state index in [9.17, 15) is 4.79 Å². The fraction of sp³-hybridized carbons (Fsp3) is 0.909. The Balaban J connectivity index is 2.02. The SMILES string of the molecule is CC(N)CC(=O)NCCC1CCOCC1. The largest absolute Gasteiger partial charge is 0.381 e. The van der Waals surface area contributed by atoms with Gasteiger partial charge in [-0.3, -0.25) is 4.79 Å². The van der Waals surface area contributed by atoms with Gasteiger partial charge in [0, 0.05) is 32.2 Å². The van der Waals surface area contributed by atoms with Crippen LogP contribution in [0.25, 0.3) is 0 Å². The Bertz CT molecular complexity index is 189. The van der Waals surface area contributed by atoms with E-state index in [1.165, 1.54) is 0 Å². The van der Waals surface area contributed by atoms with Gasteiger partial charge in [0.2, 0.25) is 5.91 Å². The number of carbonyl (C=O) groups excluding carboxylic acids is 1. The third-order valence-electron chi connectivity index (χ3n) is 2.72. The monoisotopic (exact) mass is 214 g/mol. The molecule has 1 rings (SSSR count). The molecule has 0 aliphatic carbocycles. The van der Waals surface area contributed by atoms with E-state index in [1.54, 1.807) is 0 Å². The van der Waals surface area contributed by atoms with Crippen molar-refractivity contribution in [1.82, 2.24) is 5.32 Å². The molecule has 1 amide bonds. The topological polar surface area (TPSA) is 64.4 Å². The van der Waals surface area contributed by atoms with Gasteiger partial charge in [-0.1, -0.05) is 0 Å². The normalized spacial score (nSPS) is 19.9. The summed E-state index contributed by atoms with van der Waals surface area (Å²) in [6.07, 6.45) is 3.74. The molecule has 15 heavy (non-hydrogen) atoms. The molecular weight excluding hydrogens is 192 g/mol. The maximum atomic E-state index is 11.3. The molecule has 1 atom stereocenters. The fourth-order valence-electron chi connectivity index (χ4n) is 1.82. The molecule has 1 fully saturated rings. The van der Waals surface area contributed by atoms with E-state index in [0.717, 1.165) is 39.0 Å². The first-order chi connectivity index (χ1) is 7.18. The Kier molecular flexibility index (Phi) is 5.65. The van der Waals surface area contributed by atoms with E-state index in [-0.39, 0.29) is 11.9 Å². The summed E-state index contributed by atoms with van der Waals surface area (Å²) in [5, 5.41) is 2.90. The van der Waals surface area contributed by atoms with Gasteiger partial charge in [-0.2, -0.15) is 0 Å². The predicted octanol–water partition coefficient (Wildman–Crippen LogP) is 0.657. The Morgan fingerprint density at radius 2 is 2.20 bits per heavy atom. The summed E-state index contributed by atoms with van der Waals surface area (Å²) in [5.41, 5.74) is 5.53. The highest BCUT2D eigenvalue weighted by Gasteiger charge is 2.13. The Hall–Kier alpha value is -0.610. The summed E-state index contributed by atoms with van der Waals surface area (Å²) >= 11 is 0. The molecule has 88 valence electrons. The van der Waals surface area contributed by atoms with Crippen molar-refractivity contribution in [3.05, 3.63) is 0 Å². The van der Waals surface area contributed by atoms with E-state index < -0.39 is 0 Å². The standard InChI is InChI=1S/C11H22N2O2/c1-9(12)8-11(14)13-5-2-10-3-6-15-7-4-10/h9-10H,2-8,12H2,1H3,(H,13,14). The van der Waals surface area contributed by atoms with Crippen molar-refractivity contribution in [2.24, 2.45) is 11.7 Å². The number of hydrogen-bond donors (Lipinski definition) is 2. The zero-order valence-corrected chi connectivity index (χ0v) is 9.50. The van der Waals surface area contributed by atoms with Gasteiger partial charge in [0.15, 0.2) is 0 Å². The van der Waals surface area contributed by atoms with Crippen LogP contribution < -0.4 is 11.1 Å². The molecule has 4 nitrogen and oxygen atoms in total. The zero-order valence-electron chi connectivity index (χ0n) is 9.50. The number of nitrogens with two attached hydrogens (primary N) is 1. The molecule has 0 aromatic carbocycles. The van der Waals surface area contributed by atoms with Crippen molar-refractivity contribution in [3.63, 3.8) is 0 Å². The minimum Gasteiger partial charge on any atom is -0.381 e. The fourth-order valence-corrected chi connectivity index (χ4v) is 1.82. The number of carbonyl (C=O) groups is 1. The van der Waals surface area contributed by atoms with Crippen LogP contribution in [-0.2, 0) is 9.53 Å². The maximum absolute atomic E-state index is 11.3. The van der Waals surface area contributed by atoms with Crippen LogP contribution in [0, 0.1) is 5.92 Å². The maximum Gasteiger partial charge on any atom is 0.221 e. The minimum atomic E-state index is -0.0481. The van der Waals surface area contributed by atoms with E-state index >= 15 is 0 Å². The molecule has 1 aliphatic rings. The molecule has 0 radical (unpaired) electrons. The number of amides is 1. The first kappa shape index (κ1) is 12.5. The van der Waals surface area contributed by atoms with E-state index in [1.807, 2.05) is 6.92 Å². The lowest BCUT2D eigenvalue weighted by molar-refractivity contribution is -0.121. The molecular formula is C11H22N2O2. The molecule has 0 aromatic rings. The van der Waals surface area contributed by atoms with Crippen molar-refractivity contribution in [1.29, 1.82) is 0 Å².